The van der Waals surface area contributed by atoms with Crippen LogP contribution in [0.5, 0.6) is 11.5 Å². The number of nitrogens with one attached hydrogen (secondary N) is 1. The van der Waals surface area contributed by atoms with Gasteiger partial charge in [-0.3, -0.25) is 9.69 Å². The van der Waals surface area contributed by atoms with E-state index in [-0.39, 0.29) is 18.1 Å². The fourth-order valence-corrected chi connectivity index (χ4v) is 3.62. The number of hydrogen-bond donors (Lipinski definition) is 1. The summed E-state index contributed by atoms with van der Waals surface area (Å²) in [5.41, 5.74) is 1.49. The minimum Gasteiger partial charge on any atom is -0.492 e. The van der Waals surface area contributed by atoms with Gasteiger partial charge in [-0.2, -0.15) is 0 Å². The van der Waals surface area contributed by atoms with E-state index in [9.17, 15) is 18.0 Å². The first-order valence-corrected chi connectivity index (χ1v) is 10.9. The normalized spacial score (nSPS) is 14.8. The number of likely N-dealkylation sites (N-methyl/N-ethyl adjacent to an activating group) is 1. The number of rotatable bonds is 10. The number of nitrogens with zero attached hydrogens (tertiary/aromatic N) is 1. The molecule has 0 saturated carbocycles. The molecule has 0 aromatic heterocycles. The minimum absolute atomic E-state index is 0.0566. The Morgan fingerprint density at radius 1 is 1.09 bits per heavy atom. The highest BCUT2D eigenvalue weighted by molar-refractivity contribution is 5.78. The number of hydrogen-bond acceptors (Lipinski definition) is 5. The predicted octanol–water partition coefficient (Wildman–Crippen LogP) is 3.93. The monoisotopic (exact) mass is 466 g/mol. The summed E-state index contributed by atoms with van der Waals surface area (Å²) in [7, 11) is 2.10. The summed E-state index contributed by atoms with van der Waals surface area (Å²) in [6.45, 7) is 3.33. The van der Waals surface area contributed by atoms with Crippen LogP contribution < -0.4 is 14.8 Å². The Morgan fingerprint density at radius 2 is 1.82 bits per heavy atom. The Hall–Kier alpha value is -2.78. The summed E-state index contributed by atoms with van der Waals surface area (Å²) in [6.07, 6.45) is -2.60. The van der Waals surface area contributed by atoms with E-state index < -0.39 is 6.36 Å². The molecule has 1 amide bonds. The van der Waals surface area contributed by atoms with Crippen molar-refractivity contribution in [2.45, 2.75) is 38.2 Å². The standard InChI is InChI=1S/C24H29F3N2O4/c1-29(20-9-12-31-13-10-20)11-14-32-22-4-2-3-19(15-22)17-28-23(30)16-18-5-7-21(8-6-18)33-24(25,26)27/h2-8,15,20H,9-14,16-17H2,1H3,(H,28,30). The third-order valence-electron chi connectivity index (χ3n) is 5.44. The molecule has 0 atom stereocenters. The Kier molecular flexibility index (Phi) is 8.96. The maximum atomic E-state index is 12.2. The largest absolute Gasteiger partial charge is 0.573 e. The first-order valence-electron chi connectivity index (χ1n) is 10.9. The number of alkyl halides is 3. The average molecular weight is 467 g/mol. The van der Waals surface area contributed by atoms with Crippen molar-refractivity contribution in [1.82, 2.24) is 10.2 Å². The van der Waals surface area contributed by atoms with Gasteiger partial charge in [0, 0.05) is 32.3 Å². The van der Waals surface area contributed by atoms with Gasteiger partial charge in [-0.1, -0.05) is 24.3 Å². The summed E-state index contributed by atoms with van der Waals surface area (Å²) < 4.78 is 51.8. The zero-order valence-electron chi connectivity index (χ0n) is 18.6. The summed E-state index contributed by atoms with van der Waals surface area (Å²) >= 11 is 0. The van der Waals surface area contributed by atoms with E-state index >= 15 is 0 Å². The van der Waals surface area contributed by atoms with E-state index in [4.69, 9.17) is 9.47 Å². The molecular formula is C24H29F3N2O4. The van der Waals surface area contributed by atoms with Crippen molar-refractivity contribution >= 4 is 5.91 Å². The number of carbonyl (C=O) groups is 1. The zero-order valence-corrected chi connectivity index (χ0v) is 18.6. The summed E-state index contributed by atoms with van der Waals surface area (Å²) in [4.78, 5) is 14.5. The molecule has 33 heavy (non-hydrogen) atoms. The summed E-state index contributed by atoms with van der Waals surface area (Å²) in [5, 5.41) is 2.82. The molecule has 1 fully saturated rings. The van der Waals surface area contributed by atoms with Gasteiger partial charge in [0.25, 0.3) is 0 Å². The smallest absolute Gasteiger partial charge is 0.492 e. The zero-order chi connectivity index (χ0) is 23.7. The number of halogens is 3. The minimum atomic E-state index is -4.74. The highest BCUT2D eigenvalue weighted by atomic mass is 19.4. The Balaban J connectivity index is 1.40. The lowest BCUT2D eigenvalue weighted by atomic mass is 10.1. The van der Waals surface area contributed by atoms with E-state index in [0.717, 1.165) is 43.9 Å². The fraction of sp³-hybridized carbons (Fsp3) is 0.458. The third kappa shape index (κ3) is 8.94. The molecule has 0 aliphatic carbocycles. The van der Waals surface area contributed by atoms with Crippen LogP contribution in [0.4, 0.5) is 13.2 Å². The van der Waals surface area contributed by atoms with E-state index in [1.165, 1.54) is 24.3 Å². The second-order valence-corrected chi connectivity index (χ2v) is 7.97. The Morgan fingerprint density at radius 3 is 2.52 bits per heavy atom. The highest BCUT2D eigenvalue weighted by Crippen LogP contribution is 2.23. The van der Waals surface area contributed by atoms with E-state index in [0.29, 0.717) is 24.8 Å². The van der Waals surface area contributed by atoms with Gasteiger partial charge >= 0.3 is 6.36 Å². The van der Waals surface area contributed by atoms with E-state index in [1.54, 1.807) is 0 Å². The van der Waals surface area contributed by atoms with Crippen LogP contribution in [-0.2, 0) is 22.5 Å². The van der Waals surface area contributed by atoms with Crippen molar-refractivity contribution < 1.29 is 32.2 Å². The molecule has 180 valence electrons. The lowest BCUT2D eigenvalue weighted by molar-refractivity contribution is -0.274. The molecule has 1 aliphatic rings. The van der Waals surface area contributed by atoms with Crippen LogP contribution in [0.15, 0.2) is 48.5 Å². The van der Waals surface area contributed by atoms with Gasteiger partial charge in [-0.05, 0) is 55.3 Å². The molecule has 9 heteroatoms. The summed E-state index contributed by atoms with van der Waals surface area (Å²) in [5.74, 6) is 0.189. The van der Waals surface area contributed by atoms with Gasteiger partial charge in [0.2, 0.25) is 5.91 Å². The second-order valence-electron chi connectivity index (χ2n) is 7.97. The summed E-state index contributed by atoms with van der Waals surface area (Å²) in [6, 6.07) is 13.3. The molecule has 1 N–H and O–H groups in total. The molecule has 0 unspecified atom stereocenters. The first kappa shape index (κ1) is 24.9. The van der Waals surface area contributed by atoms with Crippen molar-refractivity contribution in [1.29, 1.82) is 0 Å². The highest BCUT2D eigenvalue weighted by Gasteiger charge is 2.31. The van der Waals surface area contributed by atoms with Gasteiger partial charge in [0.1, 0.15) is 18.1 Å². The lowest BCUT2D eigenvalue weighted by Gasteiger charge is -2.31. The van der Waals surface area contributed by atoms with Crippen molar-refractivity contribution in [2.24, 2.45) is 0 Å². The van der Waals surface area contributed by atoms with E-state index in [2.05, 4.69) is 22.0 Å². The molecule has 1 saturated heterocycles. The molecule has 6 nitrogen and oxygen atoms in total. The molecule has 1 aliphatic heterocycles. The molecule has 1 heterocycles. The molecule has 2 aromatic carbocycles. The average Bonchev–Trinajstić information content (AvgIpc) is 2.79. The van der Waals surface area contributed by atoms with Crippen LogP contribution in [-0.4, -0.2) is 56.6 Å². The topological polar surface area (TPSA) is 60.0 Å². The Labute approximate surface area is 191 Å². The van der Waals surface area contributed by atoms with Crippen molar-refractivity contribution in [3.05, 3.63) is 59.7 Å². The van der Waals surface area contributed by atoms with Crippen molar-refractivity contribution in [3.8, 4) is 11.5 Å². The van der Waals surface area contributed by atoms with Crippen molar-refractivity contribution in [3.63, 3.8) is 0 Å². The molecule has 3 rings (SSSR count). The number of ether oxygens (including phenoxy) is 3. The van der Waals surface area contributed by atoms with Gasteiger partial charge in [0.15, 0.2) is 0 Å². The predicted molar refractivity (Wildman–Crippen MR) is 117 cm³/mol. The van der Waals surface area contributed by atoms with Gasteiger partial charge in [-0.15, -0.1) is 13.2 Å². The quantitative estimate of drug-likeness (QED) is 0.575. The molecular weight excluding hydrogens is 437 g/mol. The lowest BCUT2D eigenvalue weighted by Crippen LogP contribution is -2.38. The van der Waals surface area contributed by atoms with Crippen LogP contribution in [0.1, 0.15) is 24.0 Å². The van der Waals surface area contributed by atoms with Crippen LogP contribution in [0.2, 0.25) is 0 Å². The number of benzene rings is 2. The van der Waals surface area contributed by atoms with Crippen molar-refractivity contribution in [2.75, 3.05) is 33.4 Å². The molecule has 0 bridgehead atoms. The van der Waals surface area contributed by atoms with Crippen LogP contribution in [0, 0.1) is 0 Å². The second kappa shape index (κ2) is 11.9. The maximum Gasteiger partial charge on any atom is 0.573 e. The third-order valence-corrected chi connectivity index (χ3v) is 5.44. The maximum absolute atomic E-state index is 12.2. The number of amides is 1. The van der Waals surface area contributed by atoms with Crippen LogP contribution >= 0.6 is 0 Å². The molecule has 0 spiro atoms. The van der Waals surface area contributed by atoms with Crippen LogP contribution in [0.25, 0.3) is 0 Å². The SMILES string of the molecule is CN(CCOc1cccc(CNC(=O)Cc2ccc(OC(F)(F)F)cc2)c1)C1CCOCC1. The van der Waals surface area contributed by atoms with Gasteiger partial charge in [-0.25, -0.2) is 0 Å². The fourth-order valence-electron chi connectivity index (χ4n) is 3.62. The Bertz CT molecular complexity index is 884. The van der Waals surface area contributed by atoms with Crippen LogP contribution in [0.3, 0.4) is 0 Å². The first-order chi connectivity index (χ1) is 15.8. The van der Waals surface area contributed by atoms with Gasteiger partial charge in [0.05, 0.1) is 6.42 Å². The molecule has 0 radical (unpaired) electrons. The molecule has 2 aromatic rings. The van der Waals surface area contributed by atoms with Gasteiger partial charge < -0.3 is 19.5 Å². The number of carbonyl (C=O) groups excluding carboxylic acids is 1. The van der Waals surface area contributed by atoms with E-state index in [1.807, 2.05) is 24.3 Å².